The topological polar surface area (TPSA) is 83.0 Å². The number of imide groups is 1. The van der Waals surface area contributed by atoms with Crippen LogP contribution in [-0.4, -0.2) is 49.4 Å². The molecule has 4 atom stereocenters. The van der Waals surface area contributed by atoms with Crippen molar-refractivity contribution in [3.05, 3.63) is 47.5 Å². The van der Waals surface area contributed by atoms with Crippen LogP contribution in [0.3, 0.4) is 0 Å². The van der Waals surface area contributed by atoms with Crippen LogP contribution < -0.4 is 10.6 Å². The number of hydrogen-bond donors (Lipinski definition) is 2. The fraction of sp³-hybridized carbons (Fsp3) is 0.542. The number of fused-ring (bicyclic) bond motifs is 5. The minimum atomic E-state index is -0.133. The molecule has 2 fully saturated rings. The third-order valence-corrected chi connectivity index (χ3v) is 6.58. The van der Waals surface area contributed by atoms with Gasteiger partial charge in [0.1, 0.15) is 0 Å². The first-order chi connectivity index (χ1) is 15.1. The monoisotopic (exact) mass is 552 g/mol. The third-order valence-electron chi connectivity index (χ3n) is 6.58. The molecule has 1 aliphatic heterocycles. The highest BCUT2D eigenvalue weighted by Crippen LogP contribution is 2.52. The SMILES string of the molecule is CCCOCc1ccccc1CNC(=NC)NCCN1C(=O)C2C3C=CC(C3)C2C1=O.I. The van der Waals surface area contributed by atoms with Gasteiger partial charge in [0.2, 0.25) is 11.8 Å². The molecule has 1 aromatic rings. The lowest BCUT2D eigenvalue weighted by molar-refractivity contribution is -0.140. The van der Waals surface area contributed by atoms with Gasteiger partial charge in [-0.05, 0) is 35.8 Å². The summed E-state index contributed by atoms with van der Waals surface area (Å²) >= 11 is 0. The molecule has 4 rings (SSSR count). The molecule has 0 spiro atoms. The molecular formula is C24H33IN4O3. The molecule has 0 radical (unpaired) electrons. The molecular weight excluding hydrogens is 519 g/mol. The molecule has 2 amide bonds. The van der Waals surface area contributed by atoms with Gasteiger partial charge in [-0.25, -0.2) is 0 Å². The molecule has 8 heteroatoms. The number of nitrogens with zero attached hydrogens (tertiary/aromatic N) is 2. The highest BCUT2D eigenvalue weighted by molar-refractivity contribution is 14.0. The van der Waals surface area contributed by atoms with Crippen molar-refractivity contribution in [1.29, 1.82) is 0 Å². The van der Waals surface area contributed by atoms with E-state index in [0.717, 1.165) is 30.6 Å². The van der Waals surface area contributed by atoms with E-state index >= 15 is 0 Å². The third kappa shape index (κ3) is 5.01. The number of carbonyl (C=O) groups is 2. The maximum atomic E-state index is 12.8. The molecule has 7 nitrogen and oxygen atoms in total. The summed E-state index contributed by atoms with van der Waals surface area (Å²) < 4.78 is 5.69. The standard InChI is InChI=1S/C24H32N4O3.HI/c1-3-12-31-15-19-7-5-4-6-18(19)14-27-24(25-2)26-10-11-28-22(29)20-16-8-9-17(13-16)21(20)23(28)30;/h4-9,16-17,20-21H,3,10-15H2,1-2H3,(H2,25,26,27);1H. The first kappa shape index (κ1) is 24.7. The molecule has 174 valence electrons. The van der Waals surface area contributed by atoms with Gasteiger partial charge in [-0.1, -0.05) is 43.3 Å². The average Bonchev–Trinajstić information content (AvgIpc) is 3.46. The zero-order valence-corrected chi connectivity index (χ0v) is 21.1. The first-order valence-electron chi connectivity index (χ1n) is 11.3. The summed E-state index contributed by atoms with van der Waals surface area (Å²) in [6.07, 6.45) is 6.20. The van der Waals surface area contributed by atoms with E-state index in [9.17, 15) is 9.59 Å². The normalized spacial score (nSPS) is 25.8. The summed E-state index contributed by atoms with van der Waals surface area (Å²) in [5.74, 6) is 0.874. The van der Waals surface area contributed by atoms with Crippen LogP contribution in [0.1, 0.15) is 30.9 Å². The van der Waals surface area contributed by atoms with Crippen molar-refractivity contribution in [2.75, 3.05) is 26.7 Å². The zero-order chi connectivity index (χ0) is 21.8. The summed E-state index contributed by atoms with van der Waals surface area (Å²) in [5.41, 5.74) is 2.31. The molecule has 0 aromatic heterocycles. The number of allylic oxidation sites excluding steroid dienone is 2. The fourth-order valence-corrected chi connectivity index (χ4v) is 5.07. The molecule has 2 N–H and O–H groups in total. The molecule has 2 aliphatic carbocycles. The average molecular weight is 552 g/mol. The second-order valence-electron chi connectivity index (χ2n) is 8.50. The van der Waals surface area contributed by atoms with Crippen LogP contribution in [0.5, 0.6) is 0 Å². The Labute approximate surface area is 207 Å². The molecule has 4 unspecified atom stereocenters. The van der Waals surface area contributed by atoms with Crippen molar-refractivity contribution in [1.82, 2.24) is 15.5 Å². The number of nitrogens with one attached hydrogen (secondary N) is 2. The predicted molar refractivity (Wildman–Crippen MR) is 134 cm³/mol. The van der Waals surface area contributed by atoms with Gasteiger partial charge in [-0.3, -0.25) is 19.5 Å². The number of carbonyl (C=O) groups excluding carboxylic acids is 2. The van der Waals surface area contributed by atoms with Gasteiger partial charge in [0, 0.05) is 33.3 Å². The van der Waals surface area contributed by atoms with E-state index in [0.29, 0.717) is 32.2 Å². The van der Waals surface area contributed by atoms with Gasteiger partial charge in [0.15, 0.2) is 5.96 Å². The van der Waals surface area contributed by atoms with Crippen LogP contribution in [0.25, 0.3) is 0 Å². The number of guanidine groups is 1. The van der Waals surface area contributed by atoms with Crippen LogP contribution in [0, 0.1) is 23.7 Å². The Balaban J connectivity index is 0.00000289. The Morgan fingerprint density at radius 2 is 1.75 bits per heavy atom. The van der Waals surface area contributed by atoms with Crippen LogP contribution in [-0.2, 0) is 27.5 Å². The maximum absolute atomic E-state index is 12.8. The number of likely N-dealkylation sites (tertiary alicyclic amines) is 1. The van der Waals surface area contributed by atoms with Gasteiger partial charge in [0.25, 0.3) is 0 Å². The van der Waals surface area contributed by atoms with E-state index in [4.69, 9.17) is 4.74 Å². The fourth-order valence-electron chi connectivity index (χ4n) is 5.07. The maximum Gasteiger partial charge on any atom is 0.233 e. The largest absolute Gasteiger partial charge is 0.377 e. The first-order valence-corrected chi connectivity index (χ1v) is 11.3. The van der Waals surface area contributed by atoms with Crippen LogP contribution in [0.15, 0.2) is 41.4 Å². The van der Waals surface area contributed by atoms with Crippen molar-refractivity contribution in [3.8, 4) is 0 Å². The summed E-state index contributed by atoms with van der Waals surface area (Å²) in [6.45, 7) is 4.90. The Hall–Kier alpha value is -1.94. The van der Waals surface area contributed by atoms with Crippen LogP contribution >= 0.6 is 24.0 Å². The number of rotatable bonds is 9. The summed E-state index contributed by atoms with van der Waals surface area (Å²) in [7, 11) is 1.71. The lowest BCUT2D eigenvalue weighted by Crippen LogP contribution is -2.43. The van der Waals surface area contributed by atoms with Crippen molar-refractivity contribution in [3.63, 3.8) is 0 Å². The van der Waals surface area contributed by atoms with Crippen molar-refractivity contribution in [2.24, 2.45) is 28.7 Å². The Bertz CT molecular complexity index is 858. The Kier molecular flexibility index (Phi) is 8.70. The minimum absolute atomic E-state index is 0. The van der Waals surface area contributed by atoms with E-state index < -0.39 is 0 Å². The molecule has 2 bridgehead atoms. The van der Waals surface area contributed by atoms with Gasteiger partial charge in [-0.15, -0.1) is 24.0 Å². The number of ether oxygens (including phenoxy) is 1. The lowest BCUT2D eigenvalue weighted by atomic mass is 9.85. The van der Waals surface area contributed by atoms with E-state index in [1.807, 2.05) is 12.1 Å². The number of halogens is 1. The lowest BCUT2D eigenvalue weighted by Gasteiger charge is -2.19. The van der Waals surface area contributed by atoms with E-state index in [2.05, 4.69) is 46.8 Å². The second-order valence-corrected chi connectivity index (χ2v) is 8.50. The highest BCUT2D eigenvalue weighted by atomic mass is 127. The molecule has 1 aromatic carbocycles. The number of hydrogen-bond acceptors (Lipinski definition) is 4. The second kappa shape index (κ2) is 11.3. The van der Waals surface area contributed by atoms with Gasteiger partial charge in [-0.2, -0.15) is 0 Å². The van der Waals surface area contributed by atoms with Crippen molar-refractivity contribution in [2.45, 2.75) is 32.9 Å². The van der Waals surface area contributed by atoms with Crippen molar-refractivity contribution < 1.29 is 14.3 Å². The van der Waals surface area contributed by atoms with Gasteiger partial charge >= 0.3 is 0 Å². The highest BCUT2D eigenvalue weighted by Gasteiger charge is 2.58. The zero-order valence-electron chi connectivity index (χ0n) is 18.8. The molecule has 1 saturated heterocycles. The number of aliphatic imine (C=N–C) groups is 1. The number of benzene rings is 1. The smallest absolute Gasteiger partial charge is 0.233 e. The summed E-state index contributed by atoms with van der Waals surface area (Å²) in [6, 6.07) is 8.18. The van der Waals surface area contributed by atoms with Gasteiger partial charge in [0.05, 0.1) is 18.4 Å². The van der Waals surface area contributed by atoms with Crippen molar-refractivity contribution >= 4 is 41.8 Å². The summed E-state index contributed by atoms with van der Waals surface area (Å²) in [4.78, 5) is 31.3. The van der Waals surface area contributed by atoms with E-state index in [1.54, 1.807) is 7.05 Å². The van der Waals surface area contributed by atoms with Crippen LogP contribution in [0.4, 0.5) is 0 Å². The van der Waals surface area contributed by atoms with Gasteiger partial charge < -0.3 is 15.4 Å². The molecule has 32 heavy (non-hydrogen) atoms. The van der Waals surface area contributed by atoms with Crippen LogP contribution in [0.2, 0.25) is 0 Å². The predicted octanol–water partition coefficient (Wildman–Crippen LogP) is 2.70. The quantitative estimate of drug-likeness (QED) is 0.123. The Morgan fingerprint density at radius 3 is 2.38 bits per heavy atom. The summed E-state index contributed by atoms with van der Waals surface area (Å²) in [5, 5.41) is 6.54. The number of amides is 2. The molecule has 1 heterocycles. The van der Waals surface area contributed by atoms with E-state index in [1.165, 1.54) is 4.90 Å². The van der Waals surface area contributed by atoms with E-state index in [-0.39, 0.29) is 59.5 Å². The molecule has 3 aliphatic rings. The Morgan fingerprint density at radius 1 is 1.09 bits per heavy atom. The minimum Gasteiger partial charge on any atom is -0.377 e. The molecule has 1 saturated carbocycles.